The van der Waals surface area contributed by atoms with Crippen LogP contribution >= 0.6 is 46.6 Å². The summed E-state index contributed by atoms with van der Waals surface area (Å²) >= 11 is 26.5. The van der Waals surface area contributed by atoms with Crippen molar-refractivity contribution in [2.45, 2.75) is 0 Å². The molecule has 5 heteroatoms. The lowest BCUT2D eigenvalue weighted by Gasteiger charge is -2.10. The molecule has 0 saturated carbocycles. The highest BCUT2D eigenvalue weighted by Crippen LogP contribution is 2.48. The second-order valence-corrected chi connectivity index (χ2v) is 7.50. The van der Waals surface area contributed by atoms with Crippen LogP contribution in [-0.2, 0) is 0 Å². The smallest absolute Gasteiger partial charge is 0.0847 e. The van der Waals surface area contributed by atoms with Crippen molar-refractivity contribution < 1.29 is 0 Å². The van der Waals surface area contributed by atoms with Crippen LogP contribution in [0.1, 0.15) is 0 Å². The molecule has 134 valence electrons. The van der Waals surface area contributed by atoms with Crippen molar-refractivity contribution in [3.05, 3.63) is 93.9 Å². The maximum absolute atomic E-state index is 6.86. The van der Waals surface area contributed by atoms with Crippen LogP contribution in [0.3, 0.4) is 0 Å². The molecular formula is C22H13Cl4N. The lowest BCUT2D eigenvalue weighted by atomic mass is 10.0. The molecule has 27 heavy (non-hydrogen) atoms. The molecule has 1 nitrogen and oxygen atoms in total. The fourth-order valence-corrected chi connectivity index (χ4v) is 4.33. The Labute approximate surface area is 177 Å². The van der Waals surface area contributed by atoms with E-state index in [9.17, 15) is 0 Å². The van der Waals surface area contributed by atoms with Gasteiger partial charge in [-0.3, -0.25) is 4.09 Å². The first kappa shape index (κ1) is 18.5. The number of aromatic nitrogens is 1. The molecule has 4 aromatic rings. The zero-order valence-electron chi connectivity index (χ0n) is 14.0. The summed E-state index contributed by atoms with van der Waals surface area (Å²) in [6, 6.07) is 25.1. The Balaban J connectivity index is 2.10. The van der Waals surface area contributed by atoms with Gasteiger partial charge in [0.15, 0.2) is 0 Å². The summed E-state index contributed by atoms with van der Waals surface area (Å²) in [5.41, 5.74) is 4.82. The Bertz CT molecular complexity index is 1100. The van der Waals surface area contributed by atoms with Crippen LogP contribution in [-0.4, -0.2) is 4.09 Å². The van der Waals surface area contributed by atoms with Crippen molar-refractivity contribution in [1.82, 2.24) is 4.09 Å². The highest BCUT2D eigenvalue weighted by molar-refractivity contribution is 6.44. The molecular weight excluding hydrogens is 420 g/mol. The van der Waals surface area contributed by atoms with Gasteiger partial charge in [0.2, 0.25) is 0 Å². The molecule has 0 amide bonds. The van der Waals surface area contributed by atoms with Crippen molar-refractivity contribution in [2.24, 2.45) is 0 Å². The van der Waals surface area contributed by atoms with E-state index in [1.807, 2.05) is 72.8 Å². The standard InChI is InChI=1S/C22H13Cl4N/c23-17-13-7-12-16(19(17)24)22-18(14-8-3-1-4-9-14)20(25)21(27(22)26)15-10-5-2-6-11-15/h1-13H. The van der Waals surface area contributed by atoms with E-state index in [2.05, 4.69) is 0 Å². The second kappa shape index (κ2) is 7.61. The number of nitrogens with zero attached hydrogens (tertiary/aromatic N) is 1. The third-order valence-electron chi connectivity index (χ3n) is 4.37. The van der Waals surface area contributed by atoms with Crippen LogP contribution in [0.4, 0.5) is 0 Å². The van der Waals surface area contributed by atoms with E-state index in [0.717, 1.165) is 22.3 Å². The lowest BCUT2D eigenvalue weighted by Crippen LogP contribution is -1.91. The first-order chi connectivity index (χ1) is 13.1. The summed E-state index contributed by atoms with van der Waals surface area (Å²) in [5, 5.41) is 1.46. The van der Waals surface area contributed by atoms with Gasteiger partial charge in [-0.2, -0.15) is 0 Å². The largest absolute Gasteiger partial charge is 0.250 e. The maximum atomic E-state index is 6.86. The van der Waals surface area contributed by atoms with E-state index in [0.29, 0.717) is 26.5 Å². The molecule has 0 unspecified atom stereocenters. The Morgan fingerprint density at radius 2 is 1.15 bits per heavy atom. The Hall–Kier alpha value is -1.90. The van der Waals surface area contributed by atoms with Crippen LogP contribution in [0.15, 0.2) is 78.9 Å². The number of hydrogen-bond acceptors (Lipinski definition) is 0. The SMILES string of the molecule is Clc1cccc(-c2c(-c3ccccc3)c(Cl)c(-c3ccccc3)n2Cl)c1Cl. The molecule has 1 heterocycles. The Morgan fingerprint density at radius 1 is 0.556 bits per heavy atom. The van der Waals surface area contributed by atoms with E-state index in [1.54, 1.807) is 10.2 Å². The van der Waals surface area contributed by atoms with Gasteiger partial charge in [-0.1, -0.05) is 108 Å². The van der Waals surface area contributed by atoms with Crippen LogP contribution in [0.2, 0.25) is 15.1 Å². The minimum atomic E-state index is 0.437. The van der Waals surface area contributed by atoms with Crippen molar-refractivity contribution in [2.75, 3.05) is 0 Å². The van der Waals surface area contributed by atoms with Gasteiger partial charge in [0.25, 0.3) is 0 Å². The lowest BCUT2D eigenvalue weighted by molar-refractivity contribution is 1.27. The first-order valence-electron chi connectivity index (χ1n) is 8.25. The molecule has 0 saturated heterocycles. The topological polar surface area (TPSA) is 4.93 Å². The molecule has 3 aromatic carbocycles. The summed E-state index contributed by atoms with van der Waals surface area (Å²) in [7, 11) is 0. The van der Waals surface area contributed by atoms with E-state index in [4.69, 9.17) is 46.6 Å². The van der Waals surface area contributed by atoms with Gasteiger partial charge in [0.05, 0.1) is 26.5 Å². The number of halogens is 4. The molecule has 0 spiro atoms. The number of benzene rings is 3. The summed E-state index contributed by atoms with van der Waals surface area (Å²) in [4.78, 5) is 0. The zero-order valence-corrected chi connectivity index (χ0v) is 17.0. The van der Waals surface area contributed by atoms with E-state index >= 15 is 0 Å². The monoisotopic (exact) mass is 431 g/mol. The highest BCUT2D eigenvalue weighted by atomic mass is 35.5. The minimum absolute atomic E-state index is 0.437. The van der Waals surface area contributed by atoms with Gasteiger partial charge in [0.1, 0.15) is 0 Å². The fraction of sp³-hybridized carbons (Fsp3) is 0. The molecule has 0 N–H and O–H groups in total. The summed E-state index contributed by atoms with van der Waals surface area (Å²) in [5.74, 6) is 0. The van der Waals surface area contributed by atoms with Gasteiger partial charge >= 0.3 is 0 Å². The van der Waals surface area contributed by atoms with Gasteiger partial charge < -0.3 is 0 Å². The van der Waals surface area contributed by atoms with E-state index in [1.165, 1.54) is 0 Å². The zero-order chi connectivity index (χ0) is 19.0. The Kier molecular flexibility index (Phi) is 5.21. The summed E-state index contributed by atoms with van der Waals surface area (Å²) in [6.45, 7) is 0. The third kappa shape index (κ3) is 3.26. The van der Waals surface area contributed by atoms with Gasteiger partial charge in [-0.05, 0) is 11.6 Å². The normalized spacial score (nSPS) is 11.0. The second-order valence-electron chi connectivity index (χ2n) is 6.00. The summed E-state index contributed by atoms with van der Waals surface area (Å²) < 4.78 is 1.57. The van der Waals surface area contributed by atoms with Crippen molar-refractivity contribution in [1.29, 1.82) is 0 Å². The number of rotatable bonds is 3. The van der Waals surface area contributed by atoms with Crippen LogP contribution < -0.4 is 0 Å². The van der Waals surface area contributed by atoms with Crippen molar-refractivity contribution in [3.63, 3.8) is 0 Å². The quantitative estimate of drug-likeness (QED) is 0.306. The number of hydrogen-bond donors (Lipinski definition) is 0. The molecule has 0 aliphatic rings. The van der Waals surface area contributed by atoms with Crippen molar-refractivity contribution >= 4 is 46.6 Å². The molecule has 4 rings (SSSR count). The fourth-order valence-electron chi connectivity index (χ4n) is 3.15. The molecule has 0 radical (unpaired) electrons. The third-order valence-corrected chi connectivity index (χ3v) is 5.90. The average molecular weight is 433 g/mol. The molecule has 0 aliphatic carbocycles. The molecule has 0 bridgehead atoms. The Morgan fingerprint density at radius 3 is 1.78 bits per heavy atom. The highest BCUT2D eigenvalue weighted by Gasteiger charge is 2.26. The van der Waals surface area contributed by atoms with Gasteiger partial charge in [-0.15, -0.1) is 0 Å². The average Bonchev–Trinajstić information content (AvgIpc) is 2.95. The van der Waals surface area contributed by atoms with Crippen LogP contribution in [0, 0.1) is 0 Å². The molecule has 1 aromatic heterocycles. The van der Waals surface area contributed by atoms with Crippen LogP contribution in [0.25, 0.3) is 33.6 Å². The maximum Gasteiger partial charge on any atom is 0.0847 e. The minimum Gasteiger partial charge on any atom is -0.250 e. The molecule has 0 fully saturated rings. The van der Waals surface area contributed by atoms with E-state index in [-0.39, 0.29) is 0 Å². The van der Waals surface area contributed by atoms with E-state index < -0.39 is 0 Å². The predicted octanol–water partition coefficient (Wildman–Crippen LogP) is 8.45. The predicted molar refractivity (Wildman–Crippen MR) is 117 cm³/mol. The van der Waals surface area contributed by atoms with Crippen molar-refractivity contribution in [3.8, 4) is 33.6 Å². The molecule has 0 aliphatic heterocycles. The van der Waals surface area contributed by atoms with Gasteiger partial charge in [0, 0.05) is 28.5 Å². The van der Waals surface area contributed by atoms with Crippen LogP contribution in [0.5, 0.6) is 0 Å². The molecule has 0 atom stereocenters. The summed E-state index contributed by atoms with van der Waals surface area (Å²) in [6.07, 6.45) is 0. The van der Waals surface area contributed by atoms with Gasteiger partial charge in [-0.25, -0.2) is 0 Å². The first-order valence-corrected chi connectivity index (χ1v) is 9.72.